The number of rotatable bonds is 2. The molecular formula is C14H9ClF3N3O. The zero-order chi connectivity index (χ0) is 15.9. The fraction of sp³-hybridized carbons (Fsp3) is 0.143. The van der Waals surface area contributed by atoms with Crippen molar-refractivity contribution >= 4 is 22.5 Å². The molecule has 0 saturated carbocycles. The number of hydrogen-bond donors (Lipinski definition) is 0. The summed E-state index contributed by atoms with van der Waals surface area (Å²) in [6, 6.07) is 4.24. The van der Waals surface area contributed by atoms with Gasteiger partial charge >= 0.3 is 6.36 Å². The molecule has 0 aliphatic heterocycles. The second kappa shape index (κ2) is 5.17. The van der Waals surface area contributed by atoms with Gasteiger partial charge in [0.25, 0.3) is 0 Å². The largest absolute Gasteiger partial charge is 0.573 e. The quantitative estimate of drug-likeness (QED) is 0.708. The van der Waals surface area contributed by atoms with Crippen LogP contribution in [0.4, 0.5) is 13.2 Å². The van der Waals surface area contributed by atoms with E-state index in [4.69, 9.17) is 11.6 Å². The van der Waals surface area contributed by atoms with Gasteiger partial charge in [0.15, 0.2) is 0 Å². The Labute approximate surface area is 128 Å². The van der Waals surface area contributed by atoms with Gasteiger partial charge in [0.05, 0.1) is 16.7 Å². The van der Waals surface area contributed by atoms with Gasteiger partial charge < -0.3 is 4.74 Å². The number of halogens is 4. The first-order chi connectivity index (χ1) is 10.3. The van der Waals surface area contributed by atoms with Crippen LogP contribution in [0.25, 0.3) is 22.0 Å². The van der Waals surface area contributed by atoms with Gasteiger partial charge in [-0.2, -0.15) is 5.10 Å². The normalized spacial score (nSPS) is 11.9. The van der Waals surface area contributed by atoms with E-state index in [1.807, 2.05) is 0 Å². The molecule has 4 nitrogen and oxygen atoms in total. The lowest BCUT2D eigenvalue weighted by molar-refractivity contribution is -0.274. The number of fused-ring (bicyclic) bond motifs is 1. The molecule has 22 heavy (non-hydrogen) atoms. The van der Waals surface area contributed by atoms with Crippen molar-refractivity contribution in [2.24, 2.45) is 7.05 Å². The number of ether oxygens (including phenoxy) is 1. The Morgan fingerprint density at radius 2 is 2.05 bits per heavy atom. The second-order valence-corrected chi connectivity index (χ2v) is 5.02. The minimum Gasteiger partial charge on any atom is -0.405 e. The van der Waals surface area contributed by atoms with Crippen molar-refractivity contribution < 1.29 is 17.9 Å². The molecule has 0 aliphatic carbocycles. The summed E-state index contributed by atoms with van der Waals surface area (Å²) in [6.07, 6.45) is -0.273. The number of nitrogens with zero attached hydrogens (tertiary/aromatic N) is 3. The number of pyridine rings is 1. The molecule has 1 aromatic carbocycles. The van der Waals surface area contributed by atoms with Crippen molar-refractivity contribution in [1.29, 1.82) is 0 Å². The average Bonchev–Trinajstić information content (AvgIpc) is 2.84. The molecule has 114 valence electrons. The molecule has 3 rings (SSSR count). The smallest absolute Gasteiger partial charge is 0.405 e. The summed E-state index contributed by atoms with van der Waals surface area (Å²) < 4.78 is 43.6. The van der Waals surface area contributed by atoms with Crippen LogP contribution in [0.15, 0.2) is 36.8 Å². The van der Waals surface area contributed by atoms with E-state index in [2.05, 4.69) is 14.8 Å². The lowest BCUT2D eigenvalue weighted by Gasteiger charge is -2.14. The van der Waals surface area contributed by atoms with E-state index in [0.29, 0.717) is 21.5 Å². The summed E-state index contributed by atoms with van der Waals surface area (Å²) in [4.78, 5) is 4.12. The minimum absolute atomic E-state index is 0.243. The van der Waals surface area contributed by atoms with Crippen LogP contribution in [0.3, 0.4) is 0 Å². The van der Waals surface area contributed by atoms with Crippen molar-refractivity contribution in [2.75, 3.05) is 0 Å². The van der Waals surface area contributed by atoms with E-state index < -0.39 is 6.36 Å². The summed E-state index contributed by atoms with van der Waals surface area (Å²) in [5.41, 5.74) is 1.21. The predicted molar refractivity (Wildman–Crippen MR) is 75.6 cm³/mol. The molecular weight excluding hydrogens is 319 g/mol. The number of aromatic nitrogens is 3. The SMILES string of the molecule is Cn1cc(-c2cc3nccc(Cl)c3cc2OC(F)(F)F)cn1. The molecule has 0 atom stereocenters. The van der Waals surface area contributed by atoms with Crippen LogP contribution in [0.2, 0.25) is 5.02 Å². The molecule has 0 fully saturated rings. The fourth-order valence-corrected chi connectivity index (χ4v) is 2.34. The van der Waals surface area contributed by atoms with Crippen molar-refractivity contribution in [3.63, 3.8) is 0 Å². The van der Waals surface area contributed by atoms with Crippen LogP contribution in [0, 0.1) is 0 Å². The van der Waals surface area contributed by atoms with Crippen molar-refractivity contribution in [1.82, 2.24) is 14.8 Å². The number of aryl methyl sites for hydroxylation is 1. The molecule has 8 heteroatoms. The van der Waals surface area contributed by atoms with Gasteiger partial charge in [0.2, 0.25) is 0 Å². The highest BCUT2D eigenvalue weighted by Crippen LogP contribution is 2.38. The van der Waals surface area contributed by atoms with Gasteiger partial charge in [-0.1, -0.05) is 11.6 Å². The van der Waals surface area contributed by atoms with E-state index in [0.717, 1.165) is 0 Å². The first-order valence-corrected chi connectivity index (χ1v) is 6.54. The molecule has 0 bridgehead atoms. The fourth-order valence-electron chi connectivity index (χ4n) is 2.13. The zero-order valence-corrected chi connectivity index (χ0v) is 12.0. The predicted octanol–water partition coefficient (Wildman–Crippen LogP) is 4.19. The first kappa shape index (κ1) is 14.6. The van der Waals surface area contributed by atoms with Crippen LogP contribution in [-0.2, 0) is 7.05 Å². The summed E-state index contributed by atoms with van der Waals surface area (Å²) >= 11 is 6.01. The van der Waals surface area contributed by atoms with Gasteiger partial charge in [-0.15, -0.1) is 13.2 Å². The van der Waals surface area contributed by atoms with Crippen molar-refractivity contribution in [3.8, 4) is 16.9 Å². The molecule has 0 aliphatic rings. The lowest BCUT2D eigenvalue weighted by atomic mass is 10.1. The number of hydrogen-bond acceptors (Lipinski definition) is 3. The van der Waals surface area contributed by atoms with Crippen LogP contribution in [0.5, 0.6) is 5.75 Å². The maximum Gasteiger partial charge on any atom is 0.573 e. The Balaban J connectivity index is 2.25. The lowest BCUT2D eigenvalue weighted by Crippen LogP contribution is -2.17. The van der Waals surface area contributed by atoms with E-state index in [-0.39, 0.29) is 11.3 Å². The molecule has 3 aromatic rings. The molecule has 0 spiro atoms. The van der Waals surface area contributed by atoms with Crippen LogP contribution in [-0.4, -0.2) is 21.1 Å². The Morgan fingerprint density at radius 1 is 1.27 bits per heavy atom. The van der Waals surface area contributed by atoms with Crippen LogP contribution < -0.4 is 4.74 Å². The number of benzene rings is 1. The van der Waals surface area contributed by atoms with E-state index in [9.17, 15) is 13.2 Å². The van der Waals surface area contributed by atoms with E-state index >= 15 is 0 Å². The first-order valence-electron chi connectivity index (χ1n) is 6.16. The molecule has 2 aromatic heterocycles. The van der Waals surface area contributed by atoms with Crippen LogP contribution in [0.1, 0.15) is 0 Å². The van der Waals surface area contributed by atoms with Gasteiger partial charge in [-0.25, -0.2) is 0 Å². The summed E-state index contributed by atoms with van der Waals surface area (Å²) in [5.74, 6) is -0.345. The monoisotopic (exact) mass is 327 g/mol. The third-order valence-corrected chi connectivity index (χ3v) is 3.36. The maximum atomic E-state index is 12.7. The molecule has 0 unspecified atom stereocenters. The Hall–Kier alpha value is -2.28. The molecule has 0 saturated heterocycles. The van der Waals surface area contributed by atoms with Crippen LogP contribution >= 0.6 is 11.6 Å². The Kier molecular flexibility index (Phi) is 3.44. The summed E-state index contributed by atoms with van der Waals surface area (Å²) in [6.45, 7) is 0. The third-order valence-electron chi connectivity index (χ3n) is 3.03. The third kappa shape index (κ3) is 2.85. The second-order valence-electron chi connectivity index (χ2n) is 4.61. The molecule has 2 heterocycles. The van der Waals surface area contributed by atoms with E-state index in [1.54, 1.807) is 13.2 Å². The van der Waals surface area contributed by atoms with E-state index in [1.165, 1.54) is 35.3 Å². The van der Waals surface area contributed by atoms with Gasteiger partial charge in [0, 0.05) is 36.0 Å². The average molecular weight is 328 g/mol. The zero-order valence-electron chi connectivity index (χ0n) is 11.2. The molecule has 0 radical (unpaired) electrons. The molecule has 0 N–H and O–H groups in total. The number of alkyl halides is 3. The highest BCUT2D eigenvalue weighted by Gasteiger charge is 2.32. The maximum absolute atomic E-state index is 12.7. The minimum atomic E-state index is -4.81. The van der Waals surface area contributed by atoms with Crippen molar-refractivity contribution in [2.45, 2.75) is 6.36 Å². The summed E-state index contributed by atoms with van der Waals surface area (Å²) in [7, 11) is 1.67. The van der Waals surface area contributed by atoms with Crippen molar-refractivity contribution in [3.05, 3.63) is 41.8 Å². The summed E-state index contributed by atoms with van der Waals surface area (Å²) in [5, 5.41) is 4.65. The van der Waals surface area contributed by atoms with Gasteiger partial charge in [0.1, 0.15) is 5.75 Å². The Morgan fingerprint density at radius 3 is 2.68 bits per heavy atom. The highest BCUT2D eigenvalue weighted by molar-refractivity contribution is 6.35. The Bertz CT molecular complexity index is 845. The highest BCUT2D eigenvalue weighted by atomic mass is 35.5. The topological polar surface area (TPSA) is 39.9 Å². The van der Waals surface area contributed by atoms with Gasteiger partial charge in [-0.05, 0) is 18.2 Å². The van der Waals surface area contributed by atoms with Gasteiger partial charge in [-0.3, -0.25) is 9.67 Å². The standard InChI is InChI=1S/C14H9ClF3N3O/c1-21-7-8(6-20-21)9-4-12-10(11(15)2-3-19-12)5-13(9)22-14(16,17)18/h2-7H,1H3. The molecule has 0 amide bonds.